The molecule has 2 aromatic carbocycles. The first-order valence-electron chi connectivity index (χ1n) is 6.98. The van der Waals surface area contributed by atoms with Crippen LogP contribution in [0.15, 0.2) is 59.5 Å². The average Bonchev–Trinajstić information content (AvgIpc) is 2.91. The Labute approximate surface area is 142 Å². The number of hydrogen-bond donors (Lipinski definition) is 0. The molecule has 0 N–H and O–H groups in total. The van der Waals surface area contributed by atoms with Crippen molar-refractivity contribution in [3.05, 3.63) is 65.9 Å². The first kappa shape index (κ1) is 16.0. The molecule has 118 valence electrons. The Hall–Kier alpha value is -1.92. The van der Waals surface area contributed by atoms with Crippen molar-refractivity contribution >= 4 is 42.6 Å². The summed E-state index contributed by atoms with van der Waals surface area (Å²) in [5.74, 6) is -0.282. The van der Waals surface area contributed by atoms with Crippen molar-refractivity contribution in [1.82, 2.24) is 3.97 Å². The standard InChI is InChI=1S/C17H14BrNO3S/c1-12(20)17-15(11-18)14-9-5-6-10-16(14)19(17)23(21,22)13-7-3-2-4-8-13/h2-10H,11H2,1H3. The van der Waals surface area contributed by atoms with Crippen molar-refractivity contribution < 1.29 is 13.2 Å². The summed E-state index contributed by atoms with van der Waals surface area (Å²) in [6, 6.07) is 15.3. The number of rotatable bonds is 4. The van der Waals surface area contributed by atoms with E-state index in [1.165, 1.54) is 19.1 Å². The highest BCUT2D eigenvalue weighted by Gasteiger charge is 2.28. The Morgan fingerprint density at radius 2 is 1.65 bits per heavy atom. The highest BCUT2D eigenvalue weighted by atomic mass is 79.9. The Morgan fingerprint density at radius 1 is 1.04 bits per heavy atom. The van der Waals surface area contributed by atoms with E-state index in [0.29, 0.717) is 16.4 Å². The van der Waals surface area contributed by atoms with Gasteiger partial charge in [0.05, 0.1) is 10.4 Å². The SMILES string of the molecule is CC(=O)c1c(CBr)c2ccccc2n1S(=O)(=O)c1ccccc1. The molecule has 0 saturated carbocycles. The van der Waals surface area contributed by atoms with E-state index in [9.17, 15) is 13.2 Å². The average molecular weight is 392 g/mol. The number of fused-ring (bicyclic) bond motifs is 1. The van der Waals surface area contributed by atoms with Gasteiger partial charge in [0.1, 0.15) is 5.69 Å². The number of aromatic nitrogens is 1. The highest BCUT2D eigenvalue weighted by molar-refractivity contribution is 9.08. The summed E-state index contributed by atoms with van der Waals surface area (Å²) < 4.78 is 27.4. The molecule has 4 nitrogen and oxygen atoms in total. The molecule has 0 saturated heterocycles. The summed E-state index contributed by atoms with van der Waals surface area (Å²) >= 11 is 3.37. The number of ketones is 1. The van der Waals surface area contributed by atoms with Crippen LogP contribution in [0.4, 0.5) is 0 Å². The number of carbonyl (C=O) groups is 1. The van der Waals surface area contributed by atoms with Crippen molar-refractivity contribution in [1.29, 1.82) is 0 Å². The van der Waals surface area contributed by atoms with Crippen LogP contribution >= 0.6 is 15.9 Å². The van der Waals surface area contributed by atoms with Crippen molar-refractivity contribution in [3.8, 4) is 0 Å². The normalized spacial score (nSPS) is 11.7. The third kappa shape index (κ3) is 2.52. The Morgan fingerprint density at radius 3 is 2.26 bits per heavy atom. The van der Waals surface area contributed by atoms with Gasteiger partial charge >= 0.3 is 0 Å². The predicted octanol–water partition coefficient (Wildman–Crippen LogP) is 3.98. The van der Waals surface area contributed by atoms with Crippen LogP contribution in [0.5, 0.6) is 0 Å². The first-order valence-corrected chi connectivity index (χ1v) is 9.54. The number of benzene rings is 2. The number of alkyl halides is 1. The maximum Gasteiger partial charge on any atom is 0.268 e. The van der Waals surface area contributed by atoms with Crippen molar-refractivity contribution in [2.75, 3.05) is 0 Å². The van der Waals surface area contributed by atoms with Gasteiger partial charge in [-0.3, -0.25) is 4.79 Å². The summed E-state index contributed by atoms with van der Waals surface area (Å²) in [5.41, 5.74) is 1.40. The first-order chi connectivity index (χ1) is 11.0. The van der Waals surface area contributed by atoms with Crippen LogP contribution in [-0.2, 0) is 15.4 Å². The molecule has 0 radical (unpaired) electrons. The van der Waals surface area contributed by atoms with Gasteiger partial charge in [-0.05, 0) is 18.2 Å². The van der Waals surface area contributed by atoms with E-state index >= 15 is 0 Å². The topological polar surface area (TPSA) is 56.1 Å². The van der Waals surface area contributed by atoms with Crippen molar-refractivity contribution in [2.24, 2.45) is 0 Å². The lowest BCUT2D eigenvalue weighted by molar-refractivity contribution is 0.101. The lowest BCUT2D eigenvalue weighted by Crippen LogP contribution is -2.18. The van der Waals surface area contributed by atoms with E-state index in [1.807, 2.05) is 12.1 Å². The van der Waals surface area contributed by atoms with E-state index in [4.69, 9.17) is 0 Å². The molecule has 0 unspecified atom stereocenters. The molecular formula is C17H14BrNO3S. The van der Waals surface area contributed by atoms with E-state index < -0.39 is 10.0 Å². The molecule has 3 rings (SSSR count). The molecule has 0 aliphatic carbocycles. The zero-order valence-electron chi connectivity index (χ0n) is 12.4. The van der Waals surface area contributed by atoms with Crippen LogP contribution in [0, 0.1) is 0 Å². The quantitative estimate of drug-likeness (QED) is 0.499. The Bertz CT molecular complexity index is 991. The minimum absolute atomic E-state index is 0.157. The predicted molar refractivity (Wildman–Crippen MR) is 93.6 cm³/mol. The van der Waals surface area contributed by atoms with Gasteiger partial charge in [-0.1, -0.05) is 52.3 Å². The molecule has 0 aliphatic heterocycles. The molecule has 0 bridgehead atoms. The number of nitrogens with zero attached hydrogens (tertiary/aromatic N) is 1. The molecule has 1 heterocycles. The largest absolute Gasteiger partial charge is 0.293 e. The van der Waals surface area contributed by atoms with Gasteiger partial charge in [0.2, 0.25) is 0 Å². The number of hydrogen-bond acceptors (Lipinski definition) is 3. The van der Waals surface area contributed by atoms with Gasteiger partial charge < -0.3 is 0 Å². The minimum atomic E-state index is -3.86. The number of Topliss-reactive ketones (excluding diaryl/α,β-unsaturated/α-hetero) is 1. The number of carbonyl (C=O) groups excluding carboxylic acids is 1. The smallest absolute Gasteiger partial charge is 0.268 e. The second-order valence-electron chi connectivity index (χ2n) is 5.12. The van der Waals surface area contributed by atoms with E-state index in [2.05, 4.69) is 15.9 Å². The van der Waals surface area contributed by atoms with Crippen LogP contribution in [0.2, 0.25) is 0 Å². The van der Waals surface area contributed by atoms with E-state index in [1.54, 1.807) is 30.3 Å². The maximum atomic E-state index is 13.1. The molecule has 0 spiro atoms. The molecule has 3 aromatic rings. The third-order valence-electron chi connectivity index (χ3n) is 3.69. The highest BCUT2D eigenvalue weighted by Crippen LogP contribution is 2.32. The summed E-state index contributed by atoms with van der Waals surface area (Å²) in [4.78, 5) is 12.3. The summed E-state index contributed by atoms with van der Waals surface area (Å²) in [7, 11) is -3.86. The Kier molecular flexibility index (Phi) is 4.12. The second kappa shape index (κ2) is 5.94. The maximum absolute atomic E-state index is 13.1. The van der Waals surface area contributed by atoms with E-state index in [0.717, 1.165) is 9.36 Å². The monoisotopic (exact) mass is 391 g/mol. The van der Waals surface area contributed by atoms with Gasteiger partial charge in [-0.2, -0.15) is 0 Å². The number of para-hydroxylation sites is 1. The second-order valence-corrected chi connectivity index (χ2v) is 7.46. The zero-order chi connectivity index (χ0) is 16.6. The molecule has 23 heavy (non-hydrogen) atoms. The zero-order valence-corrected chi connectivity index (χ0v) is 14.8. The fraction of sp³-hybridized carbons (Fsp3) is 0.118. The lowest BCUT2D eigenvalue weighted by Gasteiger charge is -2.11. The molecule has 0 atom stereocenters. The van der Waals surface area contributed by atoms with Gasteiger partial charge in [-0.25, -0.2) is 12.4 Å². The summed E-state index contributed by atoms with van der Waals surface area (Å²) in [6.07, 6.45) is 0. The van der Waals surface area contributed by atoms with Crippen molar-refractivity contribution in [2.45, 2.75) is 17.1 Å². The van der Waals surface area contributed by atoms with Crippen LogP contribution in [0.1, 0.15) is 23.0 Å². The fourth-order valence-corrected chi connectivity index (χ4v) is 4.89. The lowest BCUT2D eigenvalue weighted by atomic mass is 10.1. The van der Waals surface area contributed by atoms with Gasteiger partial charge in [0.15, 0.2) is 5.78 Å². The molecule has 0 aliphatic rings. The molecule has 0 amide bonds. The van der Waals surface area contributed by atoms with Crippen LogP contribution < -0.4 is 0 Å². The Balaban J connectivity index is 2.47. The van der Waals surface area contributed by atoms with Gasteiger partial charge in [-0.15, -0.1) is 0 Å². The van der Waals surface area contributed by atoms with Crippen LogP contribution in [0.25, 0.3) is 10.9 Å². The molecule has 1 aromatic heterocycles. The summed E-state index contributed by atoms with van der Waals surface area (Å²) in [6.45, 7) is 1.39. The van der Waals surface area contributed by atoms with Gasteiger partial charge in [0.25, 0.3) is 10.0 Å². The number of halogens is 1. The van der Waals surface area contributed by atoms with Crippen LogP contribution in [0.3, 0.4) is 0 Å². The van der Waals surface area contributed by atoms with Crippen LogP contribution in [-0.4, -0.2) is 18.2 Å². The van der Waals surface area contributed by atoms with E-state index in [-0.39, 0.29) is 16.4 Å². The molecule has 0 fully saturated rings. The third-order valence-corrected chi connectivity index (χ3v) is 5.97. The fourth-order valence-electron chi connectivity index (χ4n) is 2.71. The molecule has 6 heteroatoms. The minimum Gasteiger partial charge on any atom is -0.293 e. The van der Waals surface area contributed by atoms with Crippen molar-refractivity contribution in [3.63, 3.8) is 0 Å². The molecular weight excluding hydrogens is 378 g/mol. The summed E-state index contributed by atoms with van der Waals surface area (Å²) in [5, 5.41) is 1.16. The van der Waals surface area contributed by atoms with Gasteiger partial charge in [0, 0.05) is 23.2 Å².